The van der Waals surface area contributed by atoms with Crippen molar-refractivity contribution in [1.82, 2.24) is 15.0 Å². The summed E-state index contributed by atoms with van der Waals surface area (Å²) in [6.45, 7) is 0. The molecule has 4 N–H and O–H groups in total. The zero-order valence-electron chi connectivity index (χ0n) is 10.6. The number of allylic oxidation sites excluding steroid dienone is 2. The molecule has 5 heteroatoms. The standard InChI is InChI=1S/C14H16N4O/c15-13-17-10-9(7-16-11(10)12(19)18-13)6-14-3-1-8(5-14)2-4-14/h1,3,7-8,16H,2,4-6H2,(H3,15,17,18,19). The summed E-state index contributed by atoms with van der Waals surface area (Å²) >= 11 is 0. The molecular formula is C14H16N4O. The third-order valence-electron chi connectivity index (χ3n) is 4.58. The van der Waals surface area contributed by atoms with Crippen molar-refractivity contribution in [2.24, 2.45) is 11.3 Å². The lowest BCUT2D eigenvalue weighted by molar-refractivity contribution is 0.402. The van der Waals surface area contributed by atoms with Gasteiger partial charge in [0.1, 0.15) is 11.0 Å². The summed E-state index contributed by atoms with van der Waals surface area (Å²) in [6, 6.07) is 0. The van der Waals surface area contributed by atoms with Crippen molar-refractivity contribution in [3.8, 4) is 0 Å². The first-order valence-electron chi connectivity index (χ1n) is 6.70. The van der Waals surface area contributed by atoms with E-state index >= 15 is 0 Å². The Kier molecular flexibility index (Phi) is 2.00. The summed E-state index contributed by atoms with van der Waals surface area (Å²) in [5.74, 6) is 0.939. The van der Waals surface area contributed by atoms with Crippen LogP contribution in [0.2, 0.25) is 0 Å². The Bertz CT molecular complexity index is 741. The SMILES string of the molecule is Nc1nc2c(CC34C=CC(CC3)C4)c[nH]c2c(=O)[nH]1. The van der Waals surface area contributed by atoms with E-state index in [2.05, 4.69) is 27.1 Å². The lowest BCUT2D eigenvalue weighted by Crippen LogP contribution is -2.16. The number of nitrogens with zero attached hydrogens (tertiary/aromatic N) is 1. The fourth-order valence-electron chi connectivity index (χ4n) is 3.67. The maximum atomic E-state index is 11.8. The Balaban J connectivity index is 1.80. The van der Waals surface area contributed by atoms with E-state index in [4.69, 9.17) is 5.73 Å². The molecule has 1 fully saturated rings. The number of hydrogen-bond acceptors (Lipinski definition) is 3. The molecule has 5 nitrogen and oxygen atoms in total. The average molecular weight is 256 g/mol. The second kappa shape index (κ2) is 3.50. The van der Waals surface area contributed by atoms with Crippen LogP contribution in [0.3, 0.4) is 0 Å². The highest BCUT2D eigenvalue weighted by atomic mass is 16.1. The molecule has 0 saturated heterocycles. The molecule has 0 amide bonds. The van der Waals surface area contributed by atoms with Gasteiger partial charge >= 0.3 is 0 Å². The van der Waals surface area contributed by atoms with Gasteiger partial charge in [-0.05, 0) is 42.6 Å². The van der Waals surface area contributed by atoms with Crippen LogP contribution in [-0.4, -0.2) is 15.0 Å². The van der Waals surface area contributed by atoms with Gasteiger partial charge in [-0.25, -0.2) is 4.98 Å². The molecule has 2 aromatic heterocycles. The topological polar surface area (TPSA) is 87.6 Å². The van der Waals surface area contributed by atoms with Gasteiger partial charge in [-0.2, -0.15) is 0 Å². The molecule has 0 spiro atoms. The molecule has 2 unspecified atom stereocenters. The third kappa shape index (κ3) is 1.54. The number of hydrogen-bond donors (Lipinski definition) is 3. The van der Waals surface area contributed by atoms with Crippen LogP contribution in [0.25, 0.3) is 11.0 Å². The third-order valence-corrected chi connectivity index (χ3v) is 4.58. The predicted octanol–water partition coefficient (Wildman–Crippen LogP) is 1.73. The first-order valence-corrected chi connectivity index (χ1v) is 6.70. The minimum absolute atomic E-state index is 0.183. The zero-order valence-corrected chi connectivity index (χ0v) is 10.6. The van der Waals surface area contributed by atoms with E-state index in [-0.39, 0.29) is 16.9 Å². The van der Waals surface area contributed by atoms with Crippen LogP contribution in [0.5, 0.6) is 0 Å². The smallest absolute Gasteiger partial charge is 0.276 e. The average Bonchev–Trinajstić information content (AvgIpc) is 3.05. The lowest BCUT2D eigenvalue weighted by atomic mass is 9.82. The van der Waals surface area contributed by atoms with Crippen molar-refractivity contribution in [3.05, 3.63) is 34.3 Å². The van der Waals surface area contributed by atoms with Gasteiger partial charge in [-0.1, -0.05) is 12.2 Å². The number of aromatic nitrogens is 3. The fourth-order valence-corrected chi connectivity index (χ4v) is 3.67. The van der Waals surface area contributed by atoms with Crippen molar-refractivity contribution >= 4 is 17.0 Å². The minimum atomic E-state index is -0.197. The quantitative estimate of drug-likeness (QED) is 0.715. The van der Waals surface area contributed by atoms with E-state index in [0.29, 0.717) is 5.52 Å². The number of nitrogens with one attached hydrogen (secondary N) is 2. The molecule has 0 aromatic carbocycles. The Morgan fingerprint density at radius 3 is 3.11 bits per heavy atom. The molecule has 98 valence electrons. The zero-order chi connectivity index (χ0) is 13.0. The molecule has 0 aliphatic heterocycles. The molecule has 2 atom stereocenters. The van der Waals surface area contributed by atoms with Crippen molar-refractivity contribution in [1.29, 1.82) is 0 Å². The van der Waals surface area contributed by atoms with E-state index in [0.717, 1.165) is 23.4 Å². The van der Waals surface area contributed by atoms with Crippen molar-refractivity contribution < 1.29 is 0 Å². The van der Waals surface area contributed by atoms with E-state index in [1.54, 1.807) is 0 Å². The highest BCUT2D eigenvalue weighted by Crippen LogP contribution is 2.51. The molecule has 1 saturated carbocycles. The maximum absolute atomic E-state index is 11.8. The Morgan fingerprint density at radius 2 is 2.42 bits per heavy atom. The fraction of sp³-hybridized carbons (Fsp3) is 0.429. The normalized spacial score (nSPS) is 28.5. The number of anilines is 1. The number of nitrogens with two attached hydrogens (primary N) is 1. The van der Waals surface area contributed by atoms with Crippen LogP contribution in [0.4, 0.5) is 5.95 Å². The lowest BCUT2D eigenvalue weighted by Gasteiger charge is -2.22. The number of fused-ring (bicyclic) bond motifs is 3. The Labute approximate surface area is 109 Å². The first kappa shape index (κ1) is 10.8. The number of nitrogen functional groups attached to an aromatic ring is 1. The molecule has 4 rings (SSSR count). The van der Waals surface area contributed by atoms with E-state index < -0.39 is 0 Å². The van der Waals surface area contributed by atoms with Crippen LogP contribution < -0.4 is 11.3 Å². The second-order valence-electron chi connectivity index (χ2n) is 5.89. The largest absolute Gasteiger partial charge is 0.369 e. The van der Waals surface area contributed by atoms with Gasteiger partial charge < -0.3 is 10.7 Å². The van der Waals surface area contributed by atoms with Gasteiger partial charge in [0.15, 0.2) is 0 Å². The second-order valence-corrected chi connectivity index (χ2v) is 5.89. The highest BCUT2D eigenvalue weighted by molar-refractivity contribution is 5.79. The van der Waals surface area contributed by atoms with Crippen molar-refractivity contribution in [2.75, 3.05) is 5.73 Å². The van der Waals surface area contributed by atoms with Crippen LogP contribution >= 0.6 is 0 Å². The first-order chi connectivity index (χ1) is 9.15. The molecule has 2 bridgehead atoms. The summed E-state index contributed by atoms with van der Waals surface area (Å²) in [6.07, 6.45) is 11.3. The summed E-state index contributed by atoms with van der Waals surface area (Å²) in [5, 5.41) is 0. The molecular weight excluding hydrogens is 240 g/mol. The van der Waals surface area contributed by atoms with E-state index in [1.807, 2.05) is 6.20 Å². The van der Waals surface area contributed by atoms with Gasteiger partial charge in [0.25, 0.3) is 5.56 Å². The number of H-pyrrole nitrogens is 2. The predicted molar refractivity (Wildman–Crippen MR) is 73.7 cm³/mol. The van der Waals surface area contributed by atoms with Crippen LogP contribution in [0.15, 0.2) is 23.1 Å². The summed E-state index contributed by atoms with van der Waals surface area (Å²) in [5.41, 5.74) is 8.06. The summed E-state index contributed by atoms with van der Waals surface area (Å²) in [4.78, 5) is 21.6. The van der Waals surface area contributed by atoms with Crippen molar-refractivity contribution in [2.45, 2.75) is 25.7 Å². The van der Waals surface area contributed by atoms with Gasteiger partial charge in [0, 0.05) is 6.20 Å². The van der Waals surface area contributed by atoms with Crippen LogP contribution in [0, 0.1) is 11.3 Å². The molecule has 19 heavy (non-hydrogen) atoms. The van der Waals surface area contributed by atoms with Crippen LogP contribution in [0.1, 0.15) is 24.8 Å². The van der Waals surface area contributed by atoms with Crippen LogP contribution in [-0.2, 0) is 6.42 Å². The van der Waals surface area contributed by atoms with Gasteiger partial charge in [0.05, 0.1) is 0 Å². The molecule has 2 heterocycles. The number of aromatic amines is 2. The van der Waals surface area contributed by atoms with Gasteiger partial charge in [-0.3, -0.25) is 9.78 Å². The Morgan fingerprint density at radius 1 is 1.53 bits per heavy atom. The number of rotatable bonds is 2. The molecule has 0 radical (unpaired) electrons. The maximum Gasteiger partial charge on any atom is 0.276 e. The van der Waals surface area contributed by atoms with Gasteiger partial charge in [-0.15, -0.1) is 0 Å². The summed E-state index contributed by atoms with van der Waals surface area (Å²) < 4.78 is 0. The molecule has 2 aromatic rings. The van der Waals surface area contributed by atoms with E-state index in [1.165, 1.54) is 19.3 Å². The van der Waals surface area contributed by atoms with Gasteiger partial charge in [0.2, 0.25) is 5.95 Å². The van der Waals surface area contributed by atoms with Crippen molar-refractivity contribution in [3.63, 3.8) is 0 Å². The highest BCUT2D eigenvalue weighted by Gasteiger charge is 2.40. The molecule has 2 aliphatic rings. The summed E-state index contributed by atoms with van der Waals surface area (Å²) in [7, 11) is 0. The Hall–Kier alpha value is -2.04. The van der Waals surface area contributed by atoms with E-state index in [9.17, 15) is 4.79 Å². The minimum Gasteiger partial charge on any atom is -0.369 e. The molecule has 2 aliphatic carbocycles. The monoisotopic (exact) mass is 256 g/mol.